The molecule has 0 fully saturated rings. The van der Waals surface area contributed by atoms with Gasteiger partial charge in [-0.1, -0.05) is 12.1 Å². The minimum absolute atomic E-state index is 0.303. The molecule has 4 nitrogen and oxygen atoms in total. The summed E-state index contributed by atoms with van der Waals surface area (Å²) in [7, 11) is 2.02. The van der Waals surface area contributed by atoms with Crippen LogP contribution < -0.4 is 10.1 Å². The van der Waals surface area contributed by atoms with Crippen LogP contribution in [0.5, 0.6) is 5.75 Å². The Morgan fingerprint density at radius 2 is 2.24 bits per heavy atom. The van der Waals surface area contributed by atoms with Crippen molar-refractivity contribution in [3.8, 4) is 5.75 Å². The van der Waals surface area contributed by atoms with Crippen molar-refractivity contribution in [2.24, 2.45) is 0 Å². The van der Waals surface area contributed by atoms with Gasteiger partial charge in [-0.2, -0.15) is 5.10 Å². The number of rotatable bonds is 5. The molecule has 1 aliphatic rings. The summed E-state index contributed by atoms with van der Waals surface area (Å²) in [5.74, 6) is 1.04. The molecule has 4 heteroatoms. The predicted octanol–water partition coefficient (Wildman–Crippen LogP) is 2.65. The second kappa shape index (κ2) is 5.90. The quantitative estimate of drug-likeness (QED) is 0.918. The van der Waals surface area contributed by atoms with Gasteiger partial charge in [-0.15, -0.1) is 0 Å². The van der Waals surface area contributed by atoms with Crippen LogP contribution in [0.2, 0.25) is 0 Å². The van der Waals surface area contributed by atoms with Gasteiger partial charge in [0.25, 0.3) is 0 Å². The van der Waals surface area contributed by atoms with Crippen LogP contribution in [0.15, 0.2) is 24.3 Å². The van der Waals surface area contributed by atoms with Crippen LogP contribution >= 0.6 is 0 Å². The van der Waals surface area contributed by atoms with Crippen molar-refractivity contribution >= 4 is 0 Å². The van der Waals surface area contributed by atoms with E-state index in [2.05, 4.69) is 53.2 Å². The first-order valence-corrected chi connectivity index (χ1v) is 7.67. The molecule has 0 amide bonds. The zero-order valence-corrected chi connectivity index (χ0v) is 13.0. The molecular formula is C17H23N3O. The minimum atomic E-state index is 0.303. The van der Waals surface area contributed by atoms with Crippen molar-refractivity contribution in [1.82, 2.24) is 15.1 Å². The third kappa shape index (κ3) is 2.81. The van der Waals surface area contributed by atoms with Crippen LogP contribution in [0, 0.1) is 6.92 Å². The summed E-state index contributed by atoms with van der Waals surface area (Å²) >= 11 is 0. The van der Waals surface area contributed by atoms with Gasteiger partial charge in [-0.05, 0) is 44.2 Å². The summed E-state index contributed by atoms with van der Waals surface area (Å²) in [6.07, 6.45) is 1.97. The van der Waals surface area contributed by atoms with E-state index in [4.69, 9.17) is 4.74 Å². The third-order valence-electron chi connectivity index (χ3n) is 4.16. The lowest BCUT2D eigenvalue weighted by atomic mass is 9.99. The van der Waals surface area contributed by atoms with E-state index in [-0.39, 0.29) is 0 Å². The van der Waals surface area contributed by atoms with Crippen LogP contribution in [0.3, 0.4) is 0 Å². The zero-order chi connectivity index (χ0) is 14.8. The maximum atomic E-state index is 5.59. The predicted molar refractivity (Wildman–Crippen MR) is 83.8 cm³/mol. The topological polar surface area (TPSA) is 39.1 Å². The SMILES string of the molecule is CCn1nc(C)cc1CC(NC)c1ccc2c(c1)CCO2. The van der Waals surface area contributed by atoms with Crippen LogP contribution in [0.4, 0.5) is 0 Å². The van der Waals surface area contributed by atoms with E-state index in [9.17, 15) is 0 Å². The van der Waals surface area contributed by atoms with E-state index in [0.29, 0.717) is 6.04 Å². The summed E-state index contributed by atoms with van der Waals surface area (Å²) in [6.45, 7) is 5.91. The van der Waals surface area contributed by atoms with E-state index in [0.717, 1.165) is 37.4 Å². The summed E-state index contributed by atoms with van der Waals surface area (Å²) in [5.41, 5.74) is 5.02. The van der Waals surface area contributed by atoms with Crippen molar-refractivity contribution in [2.75, 3.05) is 13.7 Å². The van der Waals surface area contributed by atoms with E-state index >= 15 is 0 Å². The number of hydrogen-bond donors (Lipinski definition) is 1. The monoisotopic (exact) mass is 285 g/mol. The second-order valence-corrected chi connectivity index (χ2v) is 5.60. The van der Waals surface area contributed by atoms with Crippen LogP contribution in [0.1, 0.15) is 35.5 Å². The molecule has 1 aromatic heterocycles. The summed E-state index contributed by atoms with van der Waals surface area (Å²) in [6, 6.07) is 9.04. The first-order chi connectivity index (χ1) is 10.2. The van der Waals surface area contributed by atoms with Gasteiger partial charge < -0.3 is 10.1 Å². The normalized spacial score (nSPS) is 14.8. The molecule has 0 aliphatic carbocycles. The molecule has 0 saturated heterocycles. The smallest absolute Gasteiger partial charge is 0.122 e. The number of ether oxygens (including phenoxy) is 1. The molecule has 2 heterocycles. The summed E-state index contributed by atoms with van der Waals surface area (Å²) in [5, 5.41) is 7.97. The van der Waals surface area contributed by atoms with Crippen molar-refractivity contribution in [2.45, 2.75) is 39.3 Å². The lowest BCUT2D eigenvalue weighted by Gasteiger charge is -2.18. The van der Waals surface area contributed by atoms with E-state index in [1.165, 1.54) is 16.8 Å². The van der Waals surface area contributed by atoms with Crippen molar-refractivity contribution in [3.63, 3.8) is 0 Å². The third-order valence-corrected chi connectivity index (χ3v) is 4.16. The number of fused-ring (bicyclic) bond motifs is 1. The molecule has 3 rings (SSSR count). The standard InChI is InChI=1S/C17H23N3O/c1-4-20-15(9-12(2)19-20)11-16(18-3)13-5-6-17-14(10-13)7-8-21-17/h5-6,9-10,16,18H,4,7-8,11H2,1-3H3. The average Bonchev–Trinajstić information content (AvgIpc) is 3.09. The minimum Gasteiger partial charge on any atom is -0.493 e. The number of aromatic nitrogens is 2. The fourth-order valence-electron chi connectivity index (χ4n) is 3.06. The lowest BCUT2D eigenvalue weighted by Crippen LogP contribution is -2.20. The van der Waals surface area contributed by atoms with Crippen molar-refractivity contribution in [1.29, 1.82) is 0 Å². The molecule has 0 bridgehead atoms. The highest BCUT2D eigenvalue weighted by atomic mass is 16.5. The highest BCUT2D eigenvalue weighted by Gasteiger charge is 2.18. The number of nitrogens with zero attached hydrogens (tertiary/aromatic N) is 2. The Bertz CT molecular complexity index is 633. The first-order valence-electron chi connectivity index (χ1n) is 7.67. The molecule has 1 N–H and O–H groups in total. The molecule has 0 radical (unpaired) electrons. The van der Waals surface area contributed by atoms with Gasteiger partial charge in [0.15, 0.2) is 0 Å². The summed E-state index contributed by atoms with van der Waals surface area (Å²) < 4.78 is 7.68. The highest BCUT2D eigenvalue weighted by Crippen LogP contribution is 2.29. The average molecular weight is 285 g/mol. The van der Waals surface area contributed by atoms with Gasteiger partial charge in [0.05, 0.1) is 12.3 Å². The molecule has 112 valence electrons. The Labute approximate surface area is 126 Å². The molecule has 1 unspecified atom stereocenters. The van der Waals surface area contributed by atoms with E-state index in [1.807, 2.05) is 7.05 Å². The summed E-state index contributed by atoms with van der Waals surface area (Å²) in [4.78, 5) is 0. The van der Waals surface area contributed by atoms with E-state index < -0.39 is 0 Å². The Morgan fingerprint density at radius 3 is 3.00 bits per heavy atom. The first kappa shape index (κ1) is 14.1. The lowest BCUT2D eigenvalue weighted by molar-refractivity contribution is 0.356. The van der Waals surface area contributed by atoms with E-state index in [1.54, 1.807) is 0 Å². The Morgan fingerprint density at radius 1 is 1.38 bits per heavy atom. The molecule has 1 atom stereocenters. The number of likely N-dealkylation sites (N-methyl/N-ethyl adjacent to an activating group) is 1. The molecule has 2 aromatic rings. The highest BCUT2D eigenvalue weighted by molar-refractivity contribution is 5.41. The maximum absolute atomic E-state index is 5.59. The van der Waals surface area contributed by atoms with Gasteiger partial charge in [0.1, 0.15) is 5.75 Å². The number of hydrogen-bond acceptors (Lipinski definition) is 3. The molecule has 1 aliphatic heterocycles. The molecule has 21 heavy (non-hydrogen) atoms. The largest absolute Gasteiger partial charge is 0.493 e. The molecule has 0 saturated carbocycles. The maximum Gasteiger partial charge on any atom is 0.122 e. The van der Waals surface area contributed by atoms with Gasteiger partial charge >= 0.3 is 0 Å². The number of benzene rings is 1. The zero-order valence-electron chi connectivity index (χ0n) is 13.0. The van der Waals surface area contributed by atoms with Gasteiger partial charge in [-0.25, -0.2) is 0 Å². The Hall–Kier alpha value is -1.81. The van der Waals surface area contributed by atoms with Crippen LogP contribution in [-0.4, -0.2) is 23.4 Å². The van der Waals surface area contributed by atoms with Crippen LogP contribution in [-0.2, 0) is 19.4 Å². The fourth-order valence-corrected chi connectivity index (χ4v) is 3.06. The Kier molecular flexibility index (Phi) is 3.97. The molecule has 1 aromatic carbocycles. The molecular weight excluding hydrogens is 262 g/mol. The number of nitrogens with one attached hydrogen (secondary N) is 1. The molecule has 0 spiro atoms. The van der Waals surface area contributed by atoms with Crippen LogP contribution in [0.25, 0.3) is 0 Å². The second-order valence-electron chi connectivity index (χ2n) is 5.60. The fraction of sp³-hybridized carbons (Fsp3) is 0.471. The van der Waals surface area contributed by atoms with Gasteiger partial charge in [0.2, 0.25) is 0 Å². The van der Waals surface area contributed by atoms with Crippen molar-refractivity contribution < 1.29 is 4.74 Å². The van der Waals surface area contributed by atoms with Gasteiger partial charge in [-0.3, -0.25) is 4.68 Å². The Balaban J connectivity index is 1.84. The van der Waals surface area contributed by atoms with Gasteiger partial charge in [0, 0.05) is 31.1 Å². The number of aryl methyl sites for hydroxylation is 2. The van der Waals surface area contributed by atoms with Crippen molar-refractivity contribution in [3.05, 3.63) is 46.8 Å².